The van der Waals surface area contributed by atoms with Gasteiger partial charge in [-0.15, -0.1) is 0 Å². The molecule has 0 amide bonds. The highest BCUT2D eigenvalue weighted by Gasteiger charge is 2.24. The van der Waals surface area contributed by atoms with E-state index in [1.807, 2.05) is 30.3 Å². The van der Waals surface area contributed by atoms with Crippen LogP contribution in [0.15, 0.2) is 41.8 Å². The monoisotopic (exact) mass is 312 g/mol. The smallest absolute Gasteiger partial charge is 0.144 e. The third kappa shape index (κ3) is 3.57. The largest absolute Gasteiger partial charge is 0.399 e. The summed E-state index contributed by atoms with van der Waals surface area (Å²) >= 11 is 0. The Morgan fingerprint density at radius 2 is 2.17 bits per heavy atom. The second-order valence-electron chi connectivity index (χ2n) is 5.36. The molecule has 1 aliphatic rings. The number of anilines is 3. The molecule has 2 aromatic rings. The standard InChI is InChI=1S/C16H20N6O/c1-23-20-9-14-15(21-13-5-3-2-4-6-13)18-11-19-16(14)22-8-7-12(17)10-22/h2-6,9,11-12H,7-8,10,17H2,1H3,(H,18,19,21). The van der Waals surface area contributed by atoms with E-state index in [9.17, 15) is 0 Å². The highest BCUT2D eigenvalue weighted by atomic mass is 16.6. The van der Waals surface area contributed by atoms with Crippen molar-refractivity contribution in [3.63, 3.8) is 0 Å². The van der Waals surface area contributed by atoms with Crippen LogP contribution in [0.4, 0.5) is 17.3 Å². The Morgan fingerprint density at radius 1 is 1.35 bits per heavy atom. The Bertz CT molecular complexity index is 676. The second-order valence-corrected chi connectivity index (χ2v) is 5.36. The van der Waals surface area contributed by atoms with Crippen LogP contribution in [0.1, 0.15) is 12.0 Å². The van der Waals surface area contributed by atoms with Crippen molar-refractivity contribution >= 4 is 23.5 Å². The summed E-state index contributed by atoms with van der Waals surface area (Å²) in [5, 5.41) is 7.19. The summed E-state index contributed by atoms with van der Waals surface area (Å²) in [5.74, 6) is 1.50. The molecule has 1 atom stereocenters. The van der Waals surface area contributed by atoms with Crippen molar-refractivity contribution in [3.8, 4) is 0 Å². The Labute approximate surface area is 135 Å². The zero-order valence-corrected chi connectivity index (χ0v) is 13.0. The average Bonchev–Trinajstić information content (AvgIpc) is 3.01. The summed E-state index contributed by atoms with van der Waals surface area (Å²) in [6.45, 7) is 1.65. The van der Waals surface area contributed by atoms with Crippen LogP contribution < -0.4 is 16.0 Å². The van der Waals surface area contributed by atoms with Crippen molar-refractivity contribution in [2.45, 2.75) is 12.5 Å². The first-order valence-electron chi connectivity index (χ1n) is 7.52. The van der Waals surface area contributed by atoms with Crippen molar-refractivity contribution in [2.75, 3.05) is 30.4 Å². The van der Waals surface area contributed by atoms with Crippen molar-refractivity contribution < 1.29 is 4.84 Å². The minimum absolute atomic E-state index is 0.169. The number of nitrogens with one attached hydrogen (secondary N) is 1. The molecule has 0 bridgehead atoms. The fraction of sp³-hybridized carbons (Fsp3) is 0.312. The van der Waals surface area contributed by atoms with Gasteiger partial charge in [-0.1, -0.05) is 23.4 Å². The van der Waals surface area contributed by atoms with E-state index in [4.69, 9.17) is 10.6 Å². The summed E-state index contributed by atoms with van der Waals surface area (Å²) in [5.41, 5.74) is 7.75. The molecule has 3 N–H and O–H groups in total. The van der Waals surface area contributed by atoms with Crippen LogP contribution in [0.25, 0.3) is 0 Å². The number of hydrogen-bond donors (Lipinski definition) is 2. The predicted molar refractivity (Wildman–Crippen MR) is 91.2 cm³/mol. The molecule has 1 aliphatic heterocycles. The van der Waals surface area contributed by atoms with Gasteiger partial charge in [0.2, 0.25) is 0 Å². The van der Waals surface area contributed by atoms with Crippen molar-refractivity contribution in [1.82, 2.24) is 9.97 Å². The second kappa shape index (κ2) is 7.06. The van der Waals surface area contributed by atoms with Gasteiger partial charge in [0, 0.05) is 24.8 Å². The molecule has 1 fully saturated rings. The lowest BCUT2D eigenvalue weighted by molar-refractivity contribution is 0.215. The van der Waals surface area contributed by atoms with Crippen LogP contribution in [0, 0.1) is 0 Å². The fourth-order valence-electron chi connectivity index (χ4n) is 2.60. The number of nitrogens with two attached hydrogens (primary N) is 1. The minimum Gasteiger partial charge on any atom is -0.399 e. The van der Waals surface area contributed by atoms with E-state index in [-0.39, 0.29) is 6.04 Å². The molecule has 2 heterocycles. The zero-order chi connectivity index (χ0) is 16.1. The van der Waals surface area contributed by atoms with Gasteiger partial charge in [0.05, 0.1) is 11.8 Å². The molecule has 0 aliphatic carbocycles. The summed E-state index contributed by atoms with van der Waals surface area (Å²) in [7, 11) is 1.51. The zero-order valence-electron chi connectivity index (χ0n) is 13.0. The number of oxime groups is 1. The van der Waals surface area contributed by atoms with Gasteiger partial charge in [-0.25, -0.2) is 9.97 Å². The first-order valence-corrected chi connectivity index (χ1v) is 7.52. The predicted octanol–water partition coefficient (Wildman–Crippen LogP) is 1.74. The van der Waals surface area contributed by atoms with Gasteiger partial charge in [0.25, 0.3) is 0 Å². The van der Waals surface area contributed by atoms with Gasteiger partial charge < -0.3 is 20.8 Å². The summed E-state index contributed by atoms with van der Waals surface area (Å²) in [6, 6.07) is 10.0. The number of para-hydroxylation sites is 1. The van der Waals surface area contributed by atoms with Crippen molar-refractivity contribution in [1.29, 1.82) is 0 Å². The Balaban J connectivity index is 1.96. The molecule has 1 unspecified atom stereocenters. The van der Waals surface area contributed by atoms with Crippen molar-refractivity contribution in [3.05, 3.63) is 42.2 Å². The average molecular weight is 312 g/mol. The minimum atomic E-state index is 0.169. The van der Waals surface area contributed by atoms with Gasteiger partial charge in [0.1, 0.15) is 25.1 Å². The maximum atomic E-state index is 6.02. The highest BCUT2D eigenvalue weighted by Crippen LogP contribution is 2.26. The Kier molecular flexibility index (Phi) is 4.68. The molecule has 7 nitrogen and oxygen atoms in total. The van der Waals surface area contributed by atoms with E-state index in [0.29, 0.717) is 5.82 Å². The molecule has 120 valence electrons. The molecule has 1 aromatic carbocycles. The Hall–Kier alpha value is -2.67. The topological polar surface area (TPSA) is 88.7 Å². The molecule has 23 heavy (non-hydrogen) atoms. The normalized spacial score (nSPS) is 17.7. The number of nitrogens with zero attached hydrogens (tertiary/aromatic N) is 4. The number of aromatic nitrogens is 2. The van der Waals surface area contributed by atoms with Crippen LogP contribution in [0.2, 0.25) is 0 Å². The molecule has 0 saturated carbocycles. The molecule has 0 radical (unpaired) electrons. The molecule has 7 heteroatoms. The molecule has 1 aromatic heterocycles. The quantitative estimate of drug-likeness (QED) is 0.646. The van der Waals surface area contributed by atoms with Gasteiger partial charge >= 0.3 is 0 Å². The van der Waals surface area contributed by atoms with Gasteiger partial charge in [-0.05, 0) is 18.6 Å². The summed E-state index contributed by atoms with van der Waals surface area (Å²) in [6.07, 6.45) is 4.13. The van der Waals surface area contributed by atoms with E-state index in [0.717, 1.165) is 36.6 Å². The van der Waals surface area contributed by atoms with E-state index in [2.05, 4.69) is 25.3 Å². The van der Waals surface area contributed by atoms with Crippen LogP contribution in [0.3, 0.4) is 0 Å². The highest BCUT2D eigenvalue weighted by molar-refractivity contribution is 5.93. The number of hydrogen-bond acceptors (Lipinski definition) is 7. The van der Waals surface area contributed by atoms with E-state index < -0.39 is 0 Å². The molecular weight excluding hydrogens is 292 g/mol. The van der Waals surface area contributed by atoms with Gasteiger partial charge in [-0.2, -0.15) is 0 Å². The maximum absolute atomic E-state index is 6.02. The SMILES string of the molecule is CON=Cc1c(Nc2ccccc2)ncnc1N1CCC(N)C1. The lowest BCUT2D eigenvalue weighted by Gasteiger charge is -2.20. The molecule has 1 saturated heterocycles. The first-order chi connectivity index (χ1) is 11.3. The summed E-state index contributed by atoms with van der Waals surface area (Å²) in [4.78, 5) is 15.8. The van der Waals surface area contributed by atoms with Crippen LogP contribution in [-0.2, 0) is 4.84 Å². The van der Waals surface area contributed by atoms with Gasteiger partial charge in [0.15, 0.2) is 0 Å². The molecule has 3 rings (SSSR count). The van der Waals surface area contributed by atoms with E-state index in [1.165, 1.54) is 7.11 Å². The third-order valence-corrected chi connectivity index (χ3v) is 3.71. The van der Waals surface area contributed by atoms with Crippen LogP contribution in [-0.4, -0.2) is 42.4 Å². The van der Waals surface area contributed by atoms with Crippen LogP contribution >= 0.6 is 0 Å². The van der Waals surface area contributed by atoms with E-state index in [1.54, 1.807) is 12.5 Å². The molecular formula is C16H20N6O. The maximum Gasteiger partial charge on any atom is 0.144 e. The van der Waals surface area contributed by atoms with Crippen LogP contribution in [0.5, 0.6) is 0 Å². The number of rotatable bonds is 5. The number of benzene rings is 1. The lowest BCUT2D eigenvalue weighted by atomic mass is 10.2. The third-order valence-electron chi connectivity index (χ3n) is 3.71. The Morgan fingerprint density at radius 3 is 2.87 bits per heavy atom. The van der Waals surface area contributed by atoms with Crippen molar-refractivity contribution in [2.24, 2.45) is 10.9 Å². The molecule has 0 spiro atoms. The van der Waals surface area contributed by atoms with E-state index >= 15 is 0 Å². The lowest BCUT2D eigenvalue weighted by Crippen LogP contribution is -2.28. The van der Waals surface area contributed by atoms with Gasteiger partial charge in [-0.3, -0.25) is 0 Å². The fourth-order valence-corrected chi connectivity index (χ4v) is 2.60. The summed E-state index contributed by atoms with van der Waals surface area (Å²) < 4.78 is 0. The first kappa shape index (κ1) is 15.2.